The van der Waals surface area contributed by atoms with Crippen LogP contribution in [0.4, 0.5) is 11.8 Å². The second kappa shape index (κ2) is 6.55. The molecule has 4 N–H and O–H groups in total. The summed E-state index contributed by atoms with van der Waals surface area (Å²) >= 11 is 1.61. The second-order valence-corrected chi connectivity index (χ2v) is 6.64. The summed E-state index contributed by atoms with van der Waals surface area (Å²) in [6.07, 6.45) is 0.993. The molecule has 0 aliphatic heterocycles. The monoisotopic (exact) mass is 310 g/mol. The van der Waals surface area contributed by atoms with E-state index in [4.69, 9.17) is 5.11 Å². The van der Waals surface area contributed by atoms with Gasteiger partial charge >= 0.3 is 0 Å². The first kappa shape index (κ1) is 15.9. The third-order valence-corrected chi connectivity index (χ3v) is 3.97. The normalized spacial score (nSPS) is 14.1. The van der Waals surface area contributed by atoms with Gasteiger partial charge in [-0.1, -0.05) is 6.92 Å². The average Bonchev–Trinajstić information content (AvgIpc) is 2.83. The molecule has 7 heteroatoms. The Morgan fingerprint density at radius 1 is 1.33 bits per heavy atom. The van der Waals surface area contributed by atoms with Crippen LogP contribution in [0, 0.1) is 6.92 Å². The summed E-state index contributed by atoms with van der Waals surface area (Å²) in [5.41, 5.74) is -1.18. The number of thiophene rings is 1. The number of aliphatic hydroxyl groups excluding tert-OH is 1. The number of rotatable bonds is 7. The predicted molar refractivity (Wildman–Crippen MR) is 87.1 cm³/mol. The zero-order valence-corrected chi connectivity index (χ0v) is 13.4. The first-order valence-electron chi connectivity index (χ1n) is 7.04. The minimum atomic E-state index is -1.18. The van der Waals surface area contributed by atoms with Gasteiger partial charge in [-0.05, 0) is 26.3 Å². The lowest BCUT2D eigenvalue weighted by molar-refractivity contribution is 0.0132. The van der Waals surface area contributed by atoms with Gasteiger partial charge in [-0.2, -0.15) is 4.98 Å². The summed E-state index contributed by atoms with van der Waals surface area (Å²) in [6, 6.07) is 2.03. The zero-order chi connectivity index (χ0) is 15.5. The van der Waals surface area contributed by atoms with Crippen LogP contribution in [0.1, 0.15) is 25.1 Å². The Hall–Kier alpha value is -1.44. The number of hydrogen-bond acceptors (Lipinski definition) is 7. The molecule has 0 aliphatic rings. The summed E-state index contributed by atoms with van der Waals surface area (Å²) in [6.45, 7) is 6.41. The van der Waals surface area contributed by atoms with Gasteiger partial charge in [0.25, 0.3) is 0 Å². The van der Waals surface area contributed by atoms with Gasteiger partial charge in [0.05, 0.1) is 12.0 Å². The fourth-order valence-corrected chi connectivity index (χ4v) is 2.70. The largest absolute Gasteiger partial charge is 0.393 e. The smallest absolute Gasteiger partial charge is 0.226 e. The van der Waals surface area contributed by atoms with Crippen LogP contribution in [0.3, 0.4) is 0 Å². The maximum absolute atomic E-state index is 9.90. The molecule has 1 unspecified atom stereocenters. The van der Waals surface area contributed by atoms with Crippen molar-refractivity contribution in [3.05, 3.63) is 10.9 Å². The van der Waals surface area contributed by atoms with Crippen molar-refractivity contribution < 1.29 is 10.2 Å². The van der Waals surface area contributed by atoms with E-state index < -0.39 is 5.60 Å². The topological polar surface area (TPSA) is 90.3 Å². The first-order chi connectivity index (χ1) is 9.95. The standard InChI is InChI=1S/C14H22N4O2S/c1-4-5-15-13-17-11(16-7-14(3,20)8-19)10-6-9(2)21-12(10)18-13/h6,19-20H,4-5,7-8H2,1-3H3,(H2,15,16,17,18). The van der Waals surface area contributed by atoms with E-state index in [-0.39, 0.29) is 13.2 Å². The molecule has 0 bridgehead atoms. The number of anilines is 2. The Kier molecular flexibility index (Phi) is 4.97. The van der Waals surface area contributed by atoms with Gasteiger partial charge in [-0.15, -0.1) is 11.3 Å². The molecular weight excluding hydrogens is 288 g/mol. The second-order valence-electron chi connectivity index (χ2n) is 5.41. The Morgan fingerprint density at radius 3 is 2.76 bits per heavy atom. The minimum Gasteiger partial charge on any atom is -0.393 e. The molecule has 21 heavy (non-hydrogen) atoms. The predicted octanol–water partition coefficient (Wildman–Crippen LogP) is 1.98. The van der Waals surface area contributed by atoms with Crippen molar-refractivity contribution in [3.63, 3.8) is 0 Å². The van der Waals surface area contributed by atoms with E-state index in [1.807, 2.05) is 13.0 Å². The number of aliphatic hydroxyl groups is 2. The zero-order valence-electron chi connectivity index (χ0n) is 12.6. The van der Waals surface area contributed by atoms with Gasteiger partial charge in [0.2, 0.25) is 5.95 Å². The molecule has 0 saturated carbocycles. The molecule has 0 aliphatic carbocycles. The lowest BCUT2D eigenvalue weighted by atomic mass is 10.1. The van der Waals surface area contributed by atoms with Crippen LogP contribution in [0.5, 0.6) is 0 Å². The summed E-state index contributed by atoms with van der Waals surface area (Å²) in [4.78, 5) is 11.0. The molecule has 0 saturated heterocycles. The summed E-state index contributed by atoms with van der Waals surface area (Å²) in [5.74, 6) is 1.26. The van der Waals surface area contributed by atoms with Crippen LogP contribution in [-0.4, -0.2) is 45.5 Å². The lowest BCUT2D eigenvalue weighted by Gasteiger charge is -2.21. The molecule has 0 radical (unpaired) electrons. The summed E-state index contributed by atoms with van der Waals surface area (Å²) in [7, 11) is 0. The Balaban J connectivity index is 2.30. The van der Waals surface area contributed by atoms with Crippen LogP contribution in [-0.2, 0) is 0 Å². The Labute approximate surface area is 128 Å². The van der Waals surface area contributed by atoms with Crippen molar-refractivity contribution >= 4 is 33.3 Å². The van der Waals surface area contributed by atoms with Crippen LogP contribution in [0.25, 0.3) is 10.2 Å². The van der Waals surface area contributed by atoms with Crippen LogP contribution in [0.15, 0.2) is 6.07 Å². The molecule has 0 spiro atoms. The van der Waals surface area contributed by atoms with Crippen molar-refractivity contribution in [3.8, 4) is 0 Å². The van der Waals surface area contributed by atoms with Crippen LogP contribution < -0.4 is 10.6 Å². The van der Waals surface area contributed by atoms with E-state index in [2.05, 4.69) is 27.5 Å². The Bertz CT molecular complexity index is 612. The quantitative estimate of drug-likeness (QED) is 0.625. The molecule has 2 aromatic heterocycles. The number of nitrogens with one attached hydrogen (secondary N) is 2. The van der Waals surface area contributed by atoms with Crippen molar-refractivity contribution in [1.82, 2.24) is 9.97 Å². The molecule has 0 aromatic carbocycles. The summed E-state index contributed by atoms with van der Waals surface area (Å²) < 4.78 is 0. The average molecular weight is 310 g/mol. The summed E-state index contributed by atoms with van der Waals surface area (Å²) in [5, 5.41) is 26.3. The van der Waals surface area contributed by atoms with Gasteiger partial charge in [-0.3, -0.25) is 0 Å². The van der Waals surface area contributed by atoms with E-state index in [1.165, 1.54) is 0 Å². The Morgan fingerprint density at radius 2 is 2.10 bits per heavy atom. The molecule has 6 nitrogen and oxygen atoms in total. The maximum atomic E-state index is 9.90. The molecule has 1 atom stereocenters. The highest BCUT2D eigenvalue weighted by molar-refractivity contribution is 7.18. The van der Waals surface area contributed by atoms with Crippen LogP contribution in [0.2, 0.25) is 0 Å². The fourth-order valence-electron chi connectivity index (χ4n) is 1.82. The van der Waals surface area contributed by atoms with Crippen molar-refractivity contribution in [1.29, 1.82) is 0 Å². The first-order valence-corrected chi connectivity index (χ1v) is 7.86. The van der Waals surface area contributed by atoms with E-state index >= 15 is 0 Å². The number of nitrogens with zero attached hydrogens (tertiary/aromatic N) is 2. The molecule has 0 fully saturated rings. The lowest BCUT2D eigenvalue weighted by Crippen LogP contribution is -2.37. The van der Waals surface area contributed by atoms with E-state index in [0.717, 1.165) is 28.1 Å². The number of aromatic nitrogens is 2. The van der Waals surface area contributed by atoms with Crippen molar-refractivity contribution in [2.24, 2.45) is 0 Å². The third-order valence-electron chi connectivity index (χ3n) is 3.03. The minimum absolute atomic E-state index is 0.220. The number of fused-ring (bicyclic) bond motifs is 1. The van der Waals surface area contributed by atoms with Gasteiger partial charge < -0.3 is 20.8 Å². The molecular formula is C14H22N4O2S. The fraction of sp³-hybridized carbons (Fsp3) is 0.571. The van der Waals surface area contributed by atoms with Crippen LogP contribution >= 0.6 is 11.3 Å². The SMILES string of the molecule is CCCNc1nc(NCC(C)(O)CO)c2cc(C)sc2n1. The van der Waals surface area contributed by atoms with E-state index in [1.54, 1.807) is 18.3 Å². The van der Waals surface area contributed by atoms with Gasteiger partial charge in [0, 0.05) is 18.0 Å². The van der Waals surface area contributed by atoms with Gasteiger partial charge in [0.15, 0.2) is 0 Å². The third kappa shape index (κ3) is 4.03. The number of hydrogen-bond donors (Lipinski definition) is 4. The van der Waals surface area contributed by atoms with Gasteiger partial charge in [-0.25, -0.2) is 4.98 Å². The van der Waals surface area contributed by atoms with Crippen molar-refractivity contribution in [2.75, 3.05) is 30.3 Å². The molecule has 2 aromatic rings. The molecule has 2 heterocycles. The van der Waals surface area contributed by atoms with Gasteiger partial charge in [0.1, 0.15) is 16.2 Å². The van der Waals surface area contributed by atoms with E-state index in [0.29, 0.717) is 11.8 Å². The molecule has 2 rings (SSSR count). The number of aryl methyl sites for hydroxylation is 1. The van der Waals surface area contributed by atoms with E-state index in [9.17, 15) is 5.11 Å². The highest BCUT2D eigenvalue weighted by Crippen LogP contribution is 2.29. The highest BCUT2D eigenvalue weighted by atomic mass is 32.1. The molecule has 116 valence electrons. The highest BCUT2D eigenvalue weighted by Gasteiger charge is 2.20. The maximum Gasteiger partial charge on any atom is 0.226 e. The molecule has 0 amide bonds. The van der Waals surface area contributed by atoms with Crippen molar-refractivity contribution in [2.45, 2.75) is 32.8 Å².